The van der Waals surface area contributed by atoms with E-state index in [4.69, 9.17) is 11.6 Å². The highest BCUT2D eigenvalue weighted by Crippen LogP contribution is 2.19. The van der Waals surface area contributed by atoms with Crippen LogP contribution < -0.4 is 15.1 Å². The molecule has 0 aromatic heterocycles. The van der Waals surface area contributed by atoms with Gasteiger partial charge in [0.05, 0.1) is 26.2 Å². The molecule has 2 amide bonds. The largest absolute Gasteiger partial charge is 0.360 e. The molecule has 7 heteroatoms. The molecule has 1 fully saturated rings. The van der Waals surface area contributed by atoms with Gasteiger partial charge in [0, 0.05) is 36.1 Å². The third-order valence-electron chi connectivity index (χ3n) is 4.88. The lowest BCUT2D eigenvalue weighted by Gasteiger charge is -2.33. The van der Waals surface area contributed by atoms with E-state index in [-0.39, 0.29) is 11.8 Å². The van der Waals surface area contributed by atoms with Crippen LogP contribution in [0.15, 0.2) is 48.5 Å². The van der Waals surface area contributed by atoms with E-state index in [1.807, 2.05) is 18.2 Å². The summed E-state index contributed by atoms with van der Waals surface area (Å²) in [5, 5.41) is 3.66. The van der Waals surface area contributed by atoms with Gasteiger partial charge < -0.3 is 20.0 Å². The van der Waals surface area contributed by atoms with E-state index in [2.05, 4.69) is 16.3 Å². The minimum atomic E-state index is -0.0557. The molecule has 2 N–H and O–H groups in total. The Morgan fingerprint density at radius 1 is 1.11 bits per heavy atom. The Morgan fingerprint density at radius 2 is 1.79 bits per heavy atom. The van der Waals surface area contributed by atoms with E-state index in [9.17, 15) is 9.59 Å². The second-order valence-corrected chi connectivity index (χ2v) is 7.66. The summed E-state index contributed by atoms with van der Waals surface area (Å²) >= 11 is 6.08. The van der Waals surface area contributed by atoms with Crippen molar-refractivity contribution in [1.82, 2.24) is 4.90 Å². The van der Waals surface area contributed by atoms with Gasteiger partial charge in [0.25, 0.3) is 11.8 Å². The number of hydrogen-bond donors (Lipinski definition) is 2. The summed E-state index contributed by atoms with van der Waals surface area (Å²) in [6.07, 6.45) is 0. The SMILES string of the molecule is CN(C)C(=O)c1ccc(NC(=O)C[NH+]2CCN(c3cccc(Cl)c3)CC2)cc1. The van der Waals surface area contributed by atoms with Crippen molar-refractivity contribution in [2.75, 3.05) is 57.0 Å². The molecule has 1 saturated heterocycles. The number of halogens is 1. The molecule has 1 aliphatic rings. The summed E-state index contributed by atoms with van der Waals surface area (Å²) in [6, 6.07) is 14.9. The second kappa shape index (κ2) is 9.08. The molecule has 1 heterocycles. The van der Waals surface area contributed by atoms with Gasteiger partial charge in [-0.3, -0.25) is 9.59 Å². The number of quaternary nitrogens is 1. The zero-order valence-electron chi connectivity index (χ0n) is 16.2. The molecule has 2 aromatic rings. The van der Waals surface area contributed by atoms with Gasteiger partial charge in [-0.15, -0.1) is 0 Å². The van der Waals surface area contributed by atoms with Crippen LogP contribution in [0.3, 0.4) is 0 Å². The van der Waals surface area contributed by atoms with Gasteiger partial charge in [0.2, 0.25) is 0 Å². The first-order valence-corrected chi connectivity index (χ1v) is 9.76. The molecule has 1 aliphatic heterocycles. The lowest BCUT2D eigenvalue weighted by Crippen LogP contribution is -3.15. The van der Waals surface area contributed by atoms with Crippen molar-refractivity contribution in [3.8, 4) is 0 Å². The van der Waals surface area contributed by atoms with Gasteiger partial charge in [0.15, 0.2) is 6.54 Å². The maximum Gasteiger partial charge on any atom is 0.279 e. The Hall–Kier alpha value is -2.57. The average Bonchev–Trinajstić information content (AvgIpc) is 2.68. The number of anilines is 2. The normalized spacial score (nSPS) is 14.6. The highest BCUT2D eigenvalue weighted by Gasteiger charge is 2.22. The molecule has 3 rings (SSSR count). The summed E-state index contributed by atoms with van der Waals surface area (Å²) in [7, 11) is 3.43. The number of amides is 2. The van der Waals surface area contributed by atoms with Crippen LogP contribution in [0.25, 0.3) is 0 Å². The number of nitrogens with zero attached hydrogens (tertiary/aromatic N) is 2. The van der Waals surface area contributed by atoms with Crippen molar-refractivity contribution in [3.63, 3.8) is 0 Å². The molecule has 0 saturated carbocycles. The van der Waals surface area contributed by atoms with Crippen molar-refractivity contribution in [1.29, 1.82) is 0 Å². The highest BCUT2D eigenvalue weighted by molar-refractivity contribution is 6.30. The lowest BCUT2D eigenvalue weighted by molar-refractivity contribution is -0.892. The number of nitrogens with one attached hydrogen (secondary N) is 2. The van der Waals surface area contributed by atoms with Crippen LogP contribution in [0.2, 0.25) is 5.02 Å². The standard InChI is InChI=1S/C21H25ClN4O2/c1-24(2)21(28)16-6-8-18(9-7-16)23-20(27)15-25-10-12-26(13-11-25)19-5-3-4-17(22)14-19/h3-9,14H,10-13,15H2,1-2H3,(H,23,27)/p+1. The first kappa shape index (κ1) is 20.2. The molecular weight excluding hydrogens is 376 g/mol. The summed E-state index contributed by atoms with van der Waals surface area (Å²) in [4.78, 5) is 29.4. The smallest absolute Gasteiger partial charge is 0.279 e. The number of benzene rings is 2. The van der Waals surface area contributed by atoms with Crippen molar-refractivity contribution < 1.29 is 14.5 Å². The Kier molecular flexibility index (Phi) is 6.54. The van der Waals surface area contributed by atoms with E-state index in [1.54, 1.807) is 38.4 Å². The topological polar surface area (TPSA) is 57.1 Å². The van der Waals surface area contributed by atoms with Crippen LogP contribution in [-0.4, -0.2) is 63.5 Å². The molecule has 28 heavy (non-hydrogen) atoms. The predicted octanol–water partition coefficient (Wildman–Crippen LogP) is 1.39. The number of rotatable bonds is 5. The molecular formula is C21H26ClN4O2+. The Bertz CT molecular complexity index is 831. The third-order valence-corrected chi connectivity index (χ3v) is 5.11. The fourth-order valence-electron chi connectivity index (χ4n) is 3.32. The molecule has 0 aliphatic carbocycles. The molecule has 0 unspecified atom stereocenters. The minimum Gasteiger partial charge on any atom is -0.360 e. The monoisotopic (exact) mass is 401 g/mol. The Morgan fingerprint density at radius 3 is 2.39 bits per heavy atom. The molecule has 0 spiro atoms. The predicted molar refractivity (Wildman–Crippen MR) is 112 cm³/mol. The molecule has 148 valence electrons. The molecule has 6 nitrogen and oxygen atoms in total. The van der Waals surface area contributed by atoms with Crippen LogP contribution in [0.4, 0.5) is 11.4 Å². The Balaban J connectivity index is 1.47. The van der Waals surface area contributed by atoms with Crippen LogP contribution in [-0.2, 0) is 4.79 Å². The van der Waals surface area contributed by atoms with Gasteiger partial charge in [-0.1, -0.05) is 17.7 Å². The average molecular weight is 402 g/mol. The molecule has 0 atom stereocenters. The zero-order chi connectivity index (χ0) is 20.1. The van der Waals surface area contributed by atoms with Crippen LogP contribution in [0.5, 0.6) is 0 Å². The van der Waals surface area contributed by atoms with Crippen molar-refractivity contribution >= 4 is 34.8 Å². The van der Waals surface area contributed by atoms with E-state index < -0.39 is 0 Å². The maximum absolute atomic E-state index is 12.4. The lowest BCUT2D eigenvalue weighted by atomic mass is 10.2. The summed E-state index contributed by atoms with van der Waals surface area (Å²) in [6.45, 7) is 4.02. The van der Waals surface area contributed by atoms with E-state index in [0.29, 0.717) is 17.8 Å². The second-order valence-electron chi connectivity index (χ2n) is 7.22. The highest BCUT2D eigenvalue weighted by atomic mass is 35.5. The van der Waals surface area contributed by atoms with E-state index in [0.717, 1.165) is 36.9 Å². The van der Waals surface area contributed by atoms with Gasteiger partial charge in [-0.05, 0) is 42.5 Å². The fraction of sp³-hybridized carbons (Fsp3) is 0.333. The quantitative estimate of drug-likeness (QED) is 0.796. The molecule has 0 bridgehead atoms. The zero-order valence-corrected chi connectivity index (χ0v) is 17.0. The minimum absolute atomic E-state index is 0.0158. The molecule has 0 radical (unpaired) electrons. The summed E-state index contributed by atoms with van der Waals surface area (Å²) in [5.74, 6) is -0.0715. The number of carbonyl (C=O) groups excluding carboxylic acids is 2. The first-order chi connectivity index (χ1) is 13.4. The van der Waals surface area contributed by atoms with E-state index in [1.165, 1.54) is 9.80 Å². The maximum atomic E-state index is 12.4. The summed E-state index contributed by atoms with van der Waals surface area (Å²) < 4.78 is 0. The third kappa shape index (κ3) is 5.24. The van der Waals surface area contributed by atoms with Gasteiger partial charge in [0.1, 0.15) is 0 Å². The van der Waals surface area contributed by atoms with Crippen molar-refractivity contribution in [2.24, 2.45) is 0 Å². The number of hydrogen-bond acceptors (Lipinski definition) is 3. The van der Waals surface area contributed by atoms with E-state index >= 15 is 0 Å². The first-order valence-electron chi connectivity index (χ1n) is 9.38. The number of carbonyl (C=O) groups is 2. The van der Waals surface area contributed by atoms with Crippen molar-refractivity contribution in [3.05, 3.63) is 59.1 Å². The van der Waals surface area contributed by atoms with Crippen molar-refractivity contribution in [2.45, 2.75) is 0 Å². The summed E-state index contributed by atoms with van der Waals surface area (Å²) in [5.41, 5.74) is 2.44. The number of piperazine rings is 1. The fourth-order valence-corrected chi connectivity index (χ4v) is 3.50. The molecule has 2 aromatic carbocycles. The van der Waals surface area contributed by atoms with Gasteiger partial charge in [-0.2, -0.15) is 0 Å². The van der Waals surface area contributed by atoms with Crippen LogP contribution in [0.1, 0.15) is 10.4 Å². The van der Waals surface area contributed by atoms with Gasteiger partial charge >= 0.3 is 0 Å². The van der Waals surface area contributed by atoms with Crippen LogP contribution in [0, 0.1) is 0 Å². The van der Waals surface area contributed by atoms with Crippen LogP contribution >= 0.6 is 11.6 Å². The Labute approximate surface area is 170 Å². The van der Waals surface area contributed by atoms with Gasteiger partial charge in [-0.25, -0.2) is 0 Å².